The molecule has 0 N–H and O–H groups in total. The average molecular weight is 192 g/mol. The predicted molar refractivity (Wildman–Crippen MR) is 54.4 cm³/mol. The lowest BCUT2D eigenvalue weighted by Gasteiger charge is -2.19. The van der Waals surface area contributed by atoms with Crippen molar-refractivity contribution in [2.24, 2.45) is 5.92 Å². The summed E-state index contributed by atoms with van der Waals surface area (Å²) in [5.74, 6) is 0.704. The molecular weight excluding hydrogens is 176 g/mol. The predicted octanol–water partition coefficient (Wildman–Crippen LogP) is 2.23. The van der Waals surface area contributed by atoms with Crippen LogP contribution >= 0.6 is 0 Å². The summed E-state index contributed by atoms with van der Waals surface area (Å²) in [6, 6.07) is 0.323. The molecule has 1 aromatic heterocycles. The van der Waals surface area contributed by atoms with Crippen molar-refractivity contribution in [3.63, 3.8) is 0 Å². The average Bonchev–Trinajstić information content (AvgIpc) is 2.47. The van der Waals surface area contributed by atoms with Crippen LogP contribution in [0, 0.1) is 5.92 Å². The van der Waals surface area contributed by atoms with Crippen LogP contribution in [0.15, 0.2) is 6.33 Å². The Morgan fingerprint density at radius 1 is 1.50 bits per heavy atom. The minimum absolute atomic E-state index is 0.255. The molecule has 0 spiro atoms. The van der Waals surface area contributed by atoms with Gasteiger partial charge >= 0.3 is 0 Å². The van der Waals surface area contributed by atoms with E-state index in [1.807, 2.05) is 4.57 Å². The fourth-order valence-electron chi connectivity index (χ4n) is 2.06. The minimum atomic E-state index is 0.255. The molecule has 0 aliphatic heterocycles. The molecule has 0 amide bonds. The molecule has 1 aromatic rings. The molecule has 0 fully saturated rings. The van der Waals surface area contributed by atoms with Crippen molar-refractivity contribution in [3.8, 4) is 0 Å². The molecule has 1 atom stereocenters. The van der Waals surface area contributed by atoms with Crippen molar-refractivity contribution < 1.29 is 4.79 Å². The summed E-state index contributed by atoms with van der Waals surface area (Å²) in [6.07, 6.45) is 3.41. The van der Waals surface area contributed by atoms with E-state index in [1.165, 1.54) is 0 Å². The van der Waals surface area contributed by atoms with Crippen LogP contribution in [0.4, 0.5) is 0 Å². The van der Waals surface area contributed by atoms with E-state index in [2.05, 4.69) is 25.8 Å². The summed E-state index contributed by atoms with van der Waals surface area (Å²) in [4.78, 5) is 16.1. The molecule has 1 heterocycles. The van der Waals surface area contributed by atoms with Gasteiger partial charge in [0.05, 0.1) is 12.0 Å². The molecule has 3 heteroatoms. The molecule has 14 heavy (non-hydrogen) atoms. The number of carbonyl (C=O) groups excluding carboxylic acids is 1. The van der Waals surface area contributed by atoms with E-state index >= 15 is 0 Å². The van der Waals surface area contributed by atoms with Crippen LogP contribution in [0.3, 0.4) is 0 Å². The molecule has 0 radical (unpaired) electrons. The first-order valence-corrected chi connectivity index (χ1v) is 5.18. The summed E-state index contributed by atoms with van der Waals surface area (Å²) in [7, 11) is 0. The Hall–Kier alpha value is -1.12. The highest BCUT2D eigenvalue weighted by Crippen LogP contribution is 2.26. The van der Waals surface area contributed by atoms with Crippen LogP contribution < -0.4 is 0 Å². The third-order valence-corrected chi connectivity index (χ3v) is 2.77. The van der Waals surface area contributed by atoms with Crippen LogP contribution in [0.1, 0.15) is 49.4 Å². The van der Waals surface area contributed by atoms with Crippen LogP contribution in [0.25, 0.3) is 0 Å². The highest BCUT2D eigenvalue weighted by atomic mass is 16.1. The maximum absolute atomic E-state index is 11.8. The van der Waals surface area contributed by atoms with Gasteiger partial charge in [0.1, 0.15) is 5.69 Å². The summed E-state index contributed by atoms with van der Waals surface area (Å²) in [5.41, 5.74) is 1.83. The lowest BCUT2D eigenvalue weighted by Crippen LogP contribution is -2.21. The van der Waals surface area contributed by atoms with Crippen molar-refractivity contribution in [1.29, 1.82) is 0 Å². The molecule has 1 aliphatic rings. The maximum Gasteiger partial charge on any atom is 0.181 e. The molecule has 0 bridgehead atoms. The van der Waals surface area contributed by atoms with Crippen LogP contribution in [-0.4, -0.2) is 15.3 Å². The van der Waals surface area contributed by atoms with Gasteiger partial charge in [-0.3, -0.25) is 4.79 Å². The van der Waals surface area contributed by atoms with Gasteiger partial charge in [0.2, 0.25) is 0 Å². The second-order valence-corrected chi connectivity index (χ2v) is 4.48. The maximum atomic E-state index is 11.8. The van der Waals surface area contributed by atoms with Crippen molar-refractivity contribution in [2.75, 3.05) is 0 Å². The summed E-state index contributed by atoms with van der Waals surface area (Å²) in [5, 5.41) is 0. The largest absolute Gasteiger partial charge is 0.325 e. The molecule has 76 valence electrons. The minimum Gasteiger partial charge on any atom is -0.325 e. The Balaban J connectivity index is 2.47. The Labute approximate surface area is 84.1 Å². The molecule has 3 nitrogen and oxygen atoms in total. The molecule has 2 rings (SSSR count). The highest BCUT2D eigenvalue weighted by Gasteiger charge is 2.27. The Morgan fingerprint density at radius 2 is 2.21 bits per heavy atom. The lowest BCUT2D eigenvalue weighted by atomic mass is 9.90. The number of aromatic nitrogens is 2. The van der Waals surface area contributed by atoms with Crippen LogP contribution in [-0.2, 0) is 6.42 Å². The van der Waals surface area contributed by atoms with Crippen molar-refractivity contribution in [3.05, 3.63) is 17.7 Å². The normalized spacial score (nSPS) is 21.4. The molecule has 0 aromatic carbocycles. The number of imidazole rings is 1. The lowest BCUT2D eigenvalue weighted by molar-refractivity contribution is 0.0941. The van der Waals surface area contributed by atoms with Gasteiger partial charge in [0.25, 0.3) is 0 Å². The van der Waals surface area contributed by atoms with Gasteiger partial charge in [-0.2, -0.15) is 0 Å². The second kappa shape index (κ2) is 3.23. The van der Waals surface area contributed by atoms with Gasteiger partial charge in [-0.1, -0.05) is 6.92 Å². The fourth-order valence-corrected chi connectivity index (χ4v) is 2.06. The van der Waals surface area contributed by atoms with Crippen molar-refractivity contribution in [2.45, 2.75) is 39.7 Å². The SMILES string of the molecule is CC1CC(=O)c2c(ncn2C(C)C)C1. The Bertz CT molecular complexity index is 365. The van der Waals surface area contributed by atoms with E-state index in [0.29, 0.717) is 18.4 Å². The van der Waals surface area contributed by atoms with Gasteiger partial charge in [0.15, 0.2) is 5.78 Å². The Kier molecular flexibility index (Phi) is 2.17. The monoisotopic (exact) mass is 192 g/mol. The highest BCUT2D eigenvalue weighted by molar-refractivity contribution is 5.96. The smallest absolute Gasteiger partial charge is 0.181 e. The summed E-state index contributed by atoms with van der Waals surface area (Å²) >= 11 is 0. The number of nitrogens with zero attached hydrogens (tertiary/aromatic N) is 2. The first-order chi connectivity index (χ1) is 6.59. The number of ketones is 1. The number of carbonyl (C=O) groups is 1. The first-order valence-electron chi connectivity index (χ1n) is 5.18. The van der Waals surface area contributed by atoms with Gasteiger partial charge in [0, 0.05) is 12.5 Å². The van der Waals surface area contributed by atoms with E-state index < -0.39 is 0 Å². The number of rotatable bonds is 1. The number of fused-ring (bicyclic) bond motifs is 1. The van der Waals surface area contributed by atoms with E-state index in [0.717, 1.165) is 17.8 Å². The first kappa shape index (κ1) is 9.44. The third kappa shape index (κ3) is 1.37. The fraction of sp³-hybridized carbons (Fsp3) is 0.636. The van der Waals surface area contributed by atoms with Crippen molar-refractivity contribution in [1.82, 2.24) is 9.55 Å². The number of hydrogen-bond donors (Lipinski definition) is 0. The molecule has 1 aliphatic carbocycles. The van der Waals surface area contributed by atoms with Crippen LogP contribution in [0.5, 0.6) is 0 Å². The Morgan fingerprint density at radius 3 is 2.86 bits per heavy atom. The van der Waals surface area contributed by atoms with Gasteiger partial charge < -0.3 is 4.57 Å². The molecule has 1 unspecified atom stereocenters. The summed E-state index contributed by atoms with van der Waals surface area (Å²) < 4.78 is 1.99. The number of Topliss-reactive ketones (excluding diaryl/α,β-unsaturated/α-hetero) is 1. The van der Waals surface area contributed by atoms with E-state index in [4.69, 9.17) is 0 Å². The van der Waals surface area contributed by atoms with Crippen LogP contribution in [0.2, 0.25) is 0 Å². The van der Waals surface area contributed by atoms with E-state index in [-0.39, 0.29) is 5.78 Å². The van der Waals surface area contributed by atoms with E-state index in [1.54, 1.807) is 6.33 Å². The molecule has 0 saturated heterocycles. The summed E-state index contributed by atoms with van der Waals surface area (Å²) in [6.45, 7) is 6.26. The van der Waals surface area contributed by atoms with Gasteiger partial charge in [-0.15, -0.1) is 0 Å². The zero-order valence-electron chi connectivity index (χ0n) is 8.95. The third-order valence-electron chi connectivity index (χ3n) is 2.77. The number of hydrogen-bond acceptors (Lipinski definition) is 2. The van der Waals surface area contributed by atoms with Gasteiger partial charge in [-0.05, 0) is 26.2 Å². The zero-order valence-corrected chi connectivity index (χ0v) is 8.95. The van der Waals surface area contributed by atoms with E-state index in [9.17, 15) is 4.79 Å². The second-order valence-electron chi connectivity index (χ2n) is 4.48. The quantitative estimate of drug-likeness (QED) is 0.684. The molecular formula is C11H16N2O. The topological polar surface area (TPSA) is 34.9 Å². The van der Waals surface area contributed by atoms with Crippen molar-refractivity contribution >= 4 is 5.78 Å². The zero-order chi connectivity index (χ0) is 10.3. The molecule has 0 saturated carbocycles. The van der Waals surface area contributed by atoms with Gasteiger partial charge in [-0.25, -0.2) is 4.98 Å². The standard InChI is InChI=1S/C11H16N2O/c1-7(2)13-6-12-9-4-8(3)5-10(14)11(9)13/h6-8H,4-5H2,1-3H3.